The fourth-order valence-electron chi connectivity index (χ4n) is 2.70. The average molecular weight is 387 g/mol. The first-order valence-corrected chi connectivity index (χ1v) is 9.72. The molecule has 0 saturated carbocycles. The second kappa shape index (κ2) is 10.8. The van der Waals surface area contributed by atoms with E-state index in [4.69, 9.17) is 9.84 Å². The van der Waals surface area contributed by atoms with E-state index in [9.17, 15) is 4.79 Å². The van der Waals surface area contributed by atoms with Gasteiger partial charge in [0.2, 0.25) is 0 Å². The van der Waals surface area contributed by atoms with Crippen LogP contribution in [0.1, 0.15) is 47.1 Å². The van der Waals surface area contributed by atoms with Crippen LogP contribution in [0.25, 0.3) is 0 Å². The molecule has 4 heteroatoms. The Morgan fingerprint density at radius 2 is 1.78 bits per heavy atom. The number of thioether (sulfide) groups is 1. The normalized spacial score (nSPS) is 13.1. The van der Waals surface area contributed by atoms with Gasteiger partial charge in [-0.3, -0.25) is 4.79 Å². The highest BCUT2D eigenvalue weighted by Crippen LogP contribution is 2.32. The van der Waals surface area contributed by atoms with E-state index in [1.54, 1.807) is 24.9 Å². The molecule has 0 spiro atoms. The van der Waals surface area contributed by atoms with Crippen LogP contribution in [0, 0.1) is 0 Å². The van der Waals surface area contributed by atoms with Crippen LogP contribution in [0.2, 0.25) is 0 Å². The number of carboxylic acids is 1. The second-order valence-corrected chi connectivity index (χ2v) is 8.04. The number of carboxylic acid groups (broad SMARTS) is 1. The van der Waals surface area contributed by atoms with Crippen molar-refractivity contribution >= 4 is 17.7 Å². The minimum absolute atomic E-state index is 0.0165. The number of hydrogen-bond acceptors (Lipinski definition) is 3. The summed E-state index contributed by atoms with van der Waals surface area (Å²) in [7, 11) is 1.59. The predicted molar refractivity (Wildman–Crippen MR) is 116 cm³/mol. The number of methoxy groups -OCH3 is 1. The summed E-state index contributed by atoms with van der Waals surface area (Å²) in [5.41, 5.74) is 5.69. The Hall–Kier alpha value is -2.20. The van der Waals surface area contributed by atoms with Gasteiger partial charge in [0.25, 0.3) is 0 Å². The Morgan fingerprint density at radius 3 is 2.30 bits per heavy atom. The lowest BCUT2D eigenvalue weighted by Crippen LogP contribution is -2.00. The first kappa shape index (κ1) is 22.8. The fraction of sp³-hybridized carbons (Fsp3) is 0.348. The van der Waals surface area contributed by atoms with Crippen molar-refractivity contribution in [2.45, 2.75) is 52.9 Å². The molecule has 0 aliphatic rings. The third-order valence-electron chi connectivity index (χ3n) is 4.01. The maximum atomic E-state index is 11.0. The molecule has 1 N–H and O–H groups in total. The van der Waals surface area contributed by atoms with Gasteiger partial charge >= 0.3 is 5.97 Å². The number of aliphatic carboxylic acids is 1. The molecule has 0 heterocycles. The van der Waals surface area contributed by atoms with Crippen LogP contribution in [-0.2, 0) is 11.2 Å². The highest BCUT2D eigenvalue weighted by molar-refractivity contribution is 8.03. The Labute approximate surface area is 167 Å². The maximum Gasteiger partial charge on any atom is 0.307 e. The van der Waals surface area contributed by atoms with Crippen LogP contribution >= 0.6 is 11.8 Å². The van der Waals surface area contributed by atoms with Gasteiger partial charge in [0, 0.05) is 4.90 Å². The van der Waals surface area contributed by atoms with Crippen molar-refractivity contribution in [3.8, 4) is 5.75 Å². The summed E-state index contributed by atoms with van der Waals surface area (Å²) in [4.78, 5) is 13.1. The molecule has 1 aromatic carbocycles. The number of allylic oxidation sites excluding steroid dienone is 8. The Morgan fingerprint density at radius 1 is 1.11 bits per heavy atom. The second-order valence-electron chi connectivity index (χ2n) is 6.72. The van der Waals surface area contributed by atoms with E-state index in [-0.39, 0.29) is 6.42 Å². The molecule has 0 aliphatic heterocycles. The van der Waals surface area contributed by atoms with Crippen molar-refractivity contribution in [2.75, 3.05) is 7.11 Å². The minimum atomic E-state index is -0.849. The molecular weight excluding hydrogens is 356 g/mol. The molecule has 0 amide bonds. The molecule has 0 atom stereocenters. The Bertz CT molecular complexity index is 807. The van der Waals surface area contributed by atoms with E-state index in [2.05, 4.69) is 52.8 Å². The summed E-state index contributed by atoms with van der Waals surface area (Å²) in [6.07, 6.45) is 6.45. The largest absolute Gasteiger partial charge is 0.497 e. The number of benzene rings is 1. The van der Waals surface area contributed by atoms with Gasteiger partial charge in [0.15, 0.2) is 0 Å². The first-order valence-electron chi connectivity index (χ1n) is 8.91. The van der Waals surface area contributed by atoms with E-state index in [0.717, 1.165) is 15.4 Å². The number of rotatable bonds is 8. The van der Waals surface area contributed by atoms with Crippen LogP contribution in [-0.4, -0.2) is 18.2 Å². The zero-order valence-corrected chi connectivity index (χ0v) is 18.2. The van der Waals surface area contributed by atoms with Gasteiger partial charge in [-0.2, -0.15) is 0 Å². The molecule has 0 saturated heterocycles. The molecule has 0 fully saturated rings. The molecular formula is C23H30O3S. The maximum absolute atomic E-state index is 11.0. The van der Waals surface area contributed by atoms with Crippen LogP contribution in [0.3, 0.4) is 0 Å². The highest BCUT2D eigenvalue weighted by atomic mass is 32.2. The smallest absolute Gasteiger partial charge is 0.307 e. The predicted octanol–water partition coefficient (Wildman–Crippen LogP) is 6.57. The topological polar surface area (TPSA) is 46.5 Å². The lowest BCUT2D eigenvalue weighted by molar-refractivity contribution is -0.136. The van der Waals surface area contributed by atoms with Crippen LogP contribution < -0.4 is 4.74 Å². The van der Waals surface area contributed by atoms with Crippen molar-refractivity contribution in [2.24, 2.45) is 0 Å². The van der Waals surface area contributed by atoms with Crippen molar-refractivity contribution in [1.82, 2.24) is 0 Å². The molecule has 0 bridgehead atoms. The number of carbonyl (C=O) groups is 1. The van der Waals surface area contributed by atoms with Gasteiger partial charge in [0.1, 0.15) is 5.75 Å². The van der Waals surface area contributed by atoms with Crippen molar-refractivity contribution in [3.05, 3.63) is 69.2 Å². The van der Waals surface area contributed by atoms with Crippen LogP contribution in [0.15, 0.2) is 68.5 Å². The zero-order chi connectivity index (χ0) is 20.6. The summed E-state index contributed by atoms with van der Waals surface area (Å²) < 4.78 is 5.32. The molecule has 146 valence electrons. The molecule has 1 aromatic rings. The monoisotopic (exact) mass is 386 g/mol. The third-order valence-corrected chi connectivity index (χ3v) is 4.92. The van der Waals surface area contributed by atoms with Gasteiger partial charge in [-0.1, -0.05) is 29.5 Å². The lowest BCUT2D eigenvalue weighted by atomic mass is 10.0. The van der Waals surface area contributed by atoms with E-state index in [1.807, 2.05) is 19.1 Å². The summed E-state index contributed by atoms with van der Waals surface area (Å²) in [5, 5.41) is 9.05. The van der Waals surface area contributed by atoms with E-state index >= 15 is 0 Å². The highest BCUT2D eigenvalue weighted by Gasteiger charge is 2.08. The van der Waals surface area contributed by atoms with E-state index < -0.39 is 5.97 Å². The molecule has 0 aromatic heterocycles. The van der Waals surface area contributed by atoms with Crippen LogP contribution in [0.5, 0.6) is 5.75 Å². The van der Waals surface area contributed by atoms with E-state index in [1.165, 1.54) is 22.3 Å². The molecule has 0 unspecified atom stereocenters. The molecule has 0 radical (unpaired) electrons. The molecule has 0 aliphatic carbocycles. The Kier molecular flexibility index (Phi) is 9.16. The van der Waals surface area contributed by atoms with Crippen molar-refractivity contribution in [3.63, 3.8) is 0 Å². The van der Waals surface area contributed by atoms with Crippen LogP contribution in [0.4, 0.5) is 0 Å². The fourth-order valence-corrected chi connectivity index (χ4v) is 3.64. The summed E-state index contributed by atoms with van der Waals surface area (Å²) >= 11 is 1.61. The summed E-state index contributed by atoms with van der Waals surface area (Å²) in [6, 6.07) is 5.61. The van der Waals surface area contributed by atoms with Gasteiger partial charge < -0.3 is 9.84 Å². The van der Waals surface area contributed by atoms with Crippen molar-refractivity contribution in [1.29, 1.82) is 0 Å². The molecule has 3 nitrogen and oxygen atoms in total. The number of hydrogen-bond donors (Lipinski definition) is 1. The third kappa shape index (κ3) is 7.92. The molecule has 1 rings (SSSR count). The zero-order valence-electron chi connectivity index (χ0n) is 17.3. The van der Waals surface area contributed by atoms with Gasteiger partial charge in [-0.25, -0.2) is 0 Å². The molecule has 27 heavy (non-hydrogen) atoms. The summed E-state index contributed by atoms with van der Waals surface area (Å²) in [6.45, 7) is 12.6. The first-order chi connectivity index (χ1) is 12.7. The van der Waals surface area contributed by atoms with Gasteiger partial charge in [0.05, 0.1) is 13.5 Å². The SMILES string of the molecule is C/C=C(\C=C(/C)Sc1cc(CC(=O)O)cc(OC)c1)C(/C)=C(\C)C=C(C)C. The number of ether oxygens (including phenoxy) is 1. The lowest BCUT2D eigenvalue weighted by Gasteiger charge is -2.10. The summed E-state index contributed by atoms with van der Waals surface area (Å²) in [5.74, 6) is -0.177. The van der Waals surface area contributed by atoms with Gasteiger partial charge in [-0.05, 0) is 93.0 Å². The van der Waals surface area contributed by atoms with Crippen molar-refractivity contribution < 1.29 is 14.6 Å². The quantitative estimate of drug-likeness (QED) is 0.405. The average Bonchev–Trinajstić information content (AvgIpc) is 2.57. The standard InChI is InChI=1S/C23H30O3S/c1-8-20(18(6)16(4)9-15(2)3)10-17(5)27-22-12-19(13-23(24)25)11-21(14-22)26-7/h8-12,14H,13H2,1-7H3,(H,24,25)/b17-10+,18-16+,20-8+. The minimum Gasteiger partial charge on any atom is -0.497 e. The Balaban J connectivity index is 3.14. The van der Waals surface area contributed by atoms with E-state index in [0.29, 0.717) is 5.75 Å². The van der Waals surface area contributed by atoms with Gasteiger partial charge in [-0.15, -0.1) is 0 Å².